The Morgan fingerprint density at radius 2 is 2.00 bits per heavy atom. The molecular formula is C14H9FN4. The van der Waals surface area contributed by atoms with Crippen LogP contribution in [0.1, 0.15) is 5.56 Å². The van der Waals surface area contributed by atoms with Gasteiger partial charge in [-0.3, -0.25) is 4.57 Å². The van der Waals surface area contributed by atoms with Crippen LogP contribution in [0.4, 0.5) is 10.3 Å². The van der Waals surface area contributed by atoms with Gasteiger partial charge >= 0.3 is 0 Å². The predicted molar refractivity (Wildman–Crippen MR) is 70.2 cm³/mol. The molecule has 2 aromatic carbocycles. The van der Waals surface area contributed by atoms with Crippen molar-refractivity contribution in [3.8, 4) is 11.8 Å². The van der Waals surface area contributed by atoms with Crippen LogP contribution in [0.15, 0.2) is 42.5 Å². The van der Waals surface area contributed by atoms with Gasteiger partial charge in [0.25, 0.3) is 0 Å². The highest BCUT2D eigenvalue weighted by Gasteiger charge is 2.13. The second-order valence-corrected chi connectivity index (χ2v) is 4.07. The van der Waals surface area contributed by atoms with Crippen LogP contribution < -0.4 is 5.73 Å². The Morgan fingerprint density at radius 3 is 2.79 bits per heavy atom. The van der Waals surface area contributed by atoms with E-state index in [0.717, 1.165) is 0 Å². The summed E-state index contributed by atoms with van der Waals surface area (Å²) < 4.78 is 15.0. The minimum atomic E-state index is -0.372. The summed E-state index contributed by atoms with van der Waals surface area (Å²) in [4.78, 5) is 4.17. The number of rotatable bonds is 1. The topological polar surface area (TPSA) is 67.6 Å². The molecule has 0 saturated carbocycles. The van der Waals surface area contributed by atoms with Crippen molar-refractivity contribution in [3.63, 3.8) is 0 Å². The average Bonchev–Trinajstić information content (AvgIpc) is 2.74. The fraction of sp³-hybridized carbons (Fsp3) is 0. The lowest BCUT2D eigenvalue weighted by atomic mass is 10.2. The number of hydrogen-bond donors (Lipinski definition) is 1. The maximum atomic E-state index is 13.4. The zero-order valence-electron chi connectivity index (χ0n) is 9.84. The Morgan fingerprint density at radius 1 is 1.21 bits per heavy atom. The number of hydrogen-bond acceptors (Lipinski definition) is 3. The molecule has 0 aliphatic rings. The molecule has 1 heterocycles. The predicted octanol–water partition coefficient (Wildman–Crippen LogP) is 2.62. The summed E-state index contributed by atoms with van der Waals surface area (Å²) in [6, 6.07) is 13.3. The summed E-state index contributed by atoms with van der Waals surface area (Å²) in [6.07, 6.45) is 0. The van der Waals surface area contributed by atoms with Crippen LogP contribution in [0.25, 0.3) is 16.7 Å². The highest BCUT2D eigenvalue weighted by molar-refractivity contribution is 5.81. The molecular weight excluding hydrogens is 243 g/mol. The molecule has 4 nitrogen and oxygen atoms in total. The van der Waals surface area contributed by atoms with Gasteiger partial charge in [0.15, 0.2) is 0 Å². The molecule has 0 aliphatic carbocycles. The SMILES string of the molecule is N#Cc1ccccc1-n1c(N)nc2ccc(F)cc21. The molecule has 1 aromatic heterocycles. The zero-order chi connectivity index (χ0) is 13.4. The molecule has 0 fully saturated rings. The molecule has 0 bridgehead atoms. The van der Waals surface area contributed by atoms with E-state index in [0.29, 0.717) is 22.3 Å². The summed E-state index contributed by atoms with van der Waals surface area (Å²) in [6.45, 7) is 0. The van der Waals surface area contributed by atoms with Crippen LogP contribution in [-0.4, -0.2) is 9.55 Å². The van der Waals surface area contributed by atoms with Crippen molar-refractivity contribution in [1.82, 2.24) is 9.55 Å². The first-order valence-corrected chi connectivity index (χ1v) is 5.63. The Hall–Kier alpha value is -2.87. The van der Waals surface area contributed by atoms with Gasteiger partial charge in [-0.15, -0.1) is 0 Å². The lowest BCUT2D eigenvalue weighted by molar-refractivity contribution is 0.629. The maximum Gasteiger partial charge on any atom is 0.205 e. The standard InChI is InChI=1S/C14H9FN4/c15-10-5-6-11-13(7-10)19(14(17)18-11)12-4-2-1-3-9(12)8-16/h1-7H,(H2,17,18). The van der Waals surface area contributed by atoms with Crippen LogP contribution in [0.3, 0.4) is 0 Å². The highest BCUT2D eigenvalue weighted by atomic mass is 19.1. The largest absolute Gasteiger partial charge is 0.369 e. The van der Waals surface area contributed by atoms with E-state index in [4.69, 9.17) is 11.0 Å². The molecule has 0 unspecified atom stereocenters. The molecule has 0 spiro atoms. The molecule has 19 heavy (non-hydrogen) atoms. The molecule has 3 rings (SSSR count). The van der Waals surface area contributed by atoms with Crippen molar-refractivity contribution in [2.75, 3.05) is 5.73 Å². The van der Waals surface area contributed by atoms with E-state index in [-0.39, 0.29) is 11.8 Å². The number of nitrogens with zero attached hydrogens (tertiary/aromatic N) is 3. The van der Waals surface area contributed by atoms with E-state index in [2.05, 4.69) is 11.1 Å². The van der Waals surface area contributed by atoms with E-state index >= 15 is 0 Å². The molecule has 0 saturated heterocycles. The Kier molecular flexibility index (Phi) is 2.43. The number of nitriles is 1. The summed E-state index contributed by atoms with van der Waals surface area (Å²) in [7, 11) is 0. The van der Waals surface area contributed by atoms with E-state index in [1.165, 1.54) is 12.1 Å². The van der Waals surface area contributed by atoms with Gasteiger partial charge in [-0.1, -0.05) is 12.1 Å². The second-order valence-electron chi connectivity index (χ2n) is 4.07. The van der Waals surface area contributed by atoms with Gasteiger partial charge in [0, 0.05) is 6.07 Å². The third kappa shape index (κ3) is 1.70. The van der Waals surface area contributed by atoms with Crippen LogP contribution in [0, 0.1) is 17.1 Å². The number of imidazole rings is 1. The number of halogens is 1. The van der Waals surface area contributed by atoms with E-state index in [1.54, 1.807) is 34.9 Å². The molecule has 0 radical (unpaired) electrons. The Labute approximate surface area is 108 Å². The van der Waals surface area contributed by atoms with Crippen molar-refractivity contribution in [3.05, 3.63) is 53.8 Å². The van der Waals surface area contributed by atoms with Crippen LogP contribution in [0.2, 0.25) is 0 Å². The Balaban J connectivity index is 2.39. The number of fused-ring (bicyclic) bond motifs is 1. The minimum Gasteiger partial charge on any atom is -0.369 e. The minimum absolute atomic E-state index is 0.225. The second kappa shape index (κ2) is 4.10. The fourth-order valence-corrected chi connectivity index (χ4v) is 2.08. The van der Waals surface area contributed by atoms with Crippen LogP contribution in [0.5, 0.6) is 0 Å². The number of nitrogen functional groups attached to an aromatic ring is 1. The first-order valence-electron chi connectivity index (χ1n) is 5.63. The summed E-state index contributed by atoms with van der Waals surface area (Å²) in [5.41, 5.74) is 8.06. The normalized spacial score (nSPS) is 10.5. The molecule has 0 aliphatic heterocycles. The van der Waals surface area contributed by atoms with Crippen molar-refractivity contribution in [2.45, 2.75) is 0 Å². The third-order valence-corrected chi connectivity index (χ3v) is 2.91. The third-order valence-electron chi connectivity index (χ3n) is 2.91. The summed E-state index contributed by atoms with van der Waals surface area (Å²) >= 11 is 0. The molecule has 0 atom stereocenters. The van der Waals surface area contributed by atoms with Crippen molar-refractivity contribution < 1.29 is 4.39 Å². The number of aromatic nitrogens is 2. The van der Waals surface area contributed by atoms with Gasteiger partial charge in [0.05, 0.1) is 22.3 Å². The molecule has 3 aromatic rings. The van der Waals surface area contributed by atoms with Crippen LogP contribution in [-0.2, 0) is 0 Å². The smallest absolute Gasteiger partial charge is 0.205 e. The average molecular weight is 252 g/mol. The van der Waals surface area contributed by atoms with Crippen molar-refractivity contribution in [2.24, 2.45) is 0 Å². The highest BCUT2D eigenvalue weighted by Crippen LogP contribution is 2.25. The fourth-order valence-electron chi connectivity index (χ4n) is 2.08. The van der Waals surface area contributed by atoms with E-state index in [9.17, 15) is 4.39 Å². The van der Waals surface area contributed by atoms with Gasteiger partial charge in [0.2, 0.25) is 5.95 Å². The zero-order valence-corrected chi connectivity index (χ0v) is 9.84. The first kappa shape index (κ1) is 11.2. The number of nitrogens with two attached hydrogens (primary N) is 1. The molecule has 2 N–H and O–H groups in total. The van der Waals surface area contributed by atoms with Crippen molar-refractivity contribution >= 4 is 17.0 Å². The molecule has 5 heteroatoms. The first-order chi connectivity index (χ1) is 9.20. The van der Waals surface area contributed by atoms with Gasteiger partial charge in [-0.05, 0) is 24.3 Å². The molecule has 0 amide bonds. The number of anilines is 1. The summed E-state index contributed by atoms with van der Waals surface area (Å²) in [5.74, 6) is -0.147. The van der Waals surface area contributed by atoms with E-state index in [1.807, 2.05) is 0 Å². The van der Waals surface area contributed by atoms with Gasteiger partial charge in [-0.25, -0.2) is 9.37 Å². The van der Waals surface area contributed by atoms with Gasteiger partial charge in [-0.2, -0.15) is 5.26 Å². The lowest BCUT2D eigenvalue weighted by Gasteiger charge is -2.08. The number of benzene rings is 2. The maximum absolute atomic E-state index is 13.4. The van der Waals surface area contributed by atoms with Gasteiger partial charge < -0.3 is 5.73 Å². The number of para-hydroxylation sites is 1. The van der Waals surface area contributed by atoms with Crippen LogP contribution >= 0.6 is 0 Å². The monoisotopic (exact) mass is 252 g/mol. The quantitative estimate of drug-likeness (QED) is 0.723. The Bertz CT molecular complexity index is 814. The van der Waals surface area contributed by atoms with Gasteiger partial charge in [0.1, 0.15) is 11.9 Å². The lowest BCUT2D eigenvalue weighted by Crippen LogP contribution is -2.02. The van der Waals surface area contributed by atoms with E-state index < -0.39 is 0 Å². The van der Waals surface area contributed by atoms with Crippen molar-refractivity contribution in [1.29, 1.82) is 5.26 Å². The summed E-state index contributed by atoms with van der Waals surface area (Å²) in [5, 5.41) is 9.14. The molecule has 92 valence electrons.